The Kier molecular flexibility index (Phi) is 11.5. The van der Waals surface area contributed by atoms with E-state index in [1.54, 1.807) is 6.08 Å². The van der Waals surface area contributed by atoms with Crippen LogP contribution in [0.25, 0.3) is 0 Å². The standard InChI is InChI=1S/C19H34N2O/c1-16(2)9-7-10-17(3)11-8-12-18(4)15-19(22)20-13-14-21(5)6/h9,11,15H,7-8,10,12-14H2,1-6H3,(H,20,22). The van der Waals surface area contributed by atoms with Gasteiger partial charge in [-0.05, 0) is 67.5 Å². The number of nitrogens with zero attached hydrogens (tertiary/aromatic N) is 1. The molecule has 0 unspecified atom stereocenters. The van der Waals surface area contributed by atoms with Gasteiger partial charge in [-0.15, -0.1) is 0 Å². The molecular formula is C19H34N2O. The minimum atomic E-state index is 0.0172. The van der Waals surface area contributed by atoms with Crippen molar-refractivity contribution in [3.8, 4) is 0 Å². The van der Waals surface area contributed by atoms with Crippen molar-refractivity contribution in [1.29, 1.82) is 0 Å². The van der Waals surface area contributed by atoms with Gasteiger partial charge in [-0.1, -0.05) is 28.9 Å². The summed E-state index contributed by atoms with van der Waals surface area (Å²) in [5, 5.41) is 2.90. The zero-order chi connectivity index (χ0) is 17.0. The van der Waals surface area contributed by atoms with E-state index in [1.807, 2.05) is 21.0 Å². The Bertz CT molecular complexity index is 413. The van der Waals surface area contributed by atoms with Crippen molar-refractivity contribution < 1.29 is 4.79 Å². The molecule has 0 spiro atoms. The van der Waals surface area contributed by atoms with E-state index in [9.17, 15) is 4.79 Å². The van der Waals surface area contributed by atoms with Gasteiger partial charge < -0.3 is 10.2 Å². The van der Waals surface area contributed by atoms with Crippen LogP contribution in [-0.2, 0) is 4.79 Å². The first kappa shape index (κ1) is 20.6. The summed E-state index contributed by atoms with van der Waals surface area (Å²) in [5.41, 5.74) is 3.95. The number of nitrogens with one attached hydrogen (secondary N) is 1. The molecular weight excluding hydrogens is 272 g/mol. The third-order valence-electron chi connectivity index (χ3n) is 3.36. The van der Waals surface area contributed by atoms with Crippen LogP contribution < -0.4 is 5.32 Å². The zero-order valence-corrected chi connectivity index (χ0v) is 15.3. The molecule has 0 heterocycles. The largest absolute Gasteiger partial charge is 0.351 e. The molecule has 0 rings (SSSR count). The van der Waals surface area contributed by atoms with Crippen molar-refractivity contribution in [3.05, 3.63) is 34.9 Å². The highest BCUT2D eigenvalue weighted by Gasteiger charge is 1.98. The van der Waals surface area contributed by atoms with Crippen molar-refractivity contribution >= 4 is 5.91 Å². The fraction of sp³-hybridized carbons (Fsp3) is 0.632. The molecule has 3 nitrogen and oxygen atoms in total. The van der Waals surface area contributed by atoms with Crippen LogP contribution in [0.15, 0.2) is 34.9 Å². The van der Waals surface area contributed by atoms with E-state index in [4.69, 9.17) is 0 Å². The molecule has 0 saturated carbocycles. The van der Waals surface area contributed by atoms with E-state index >= 15 is 0 Å². The third-order valence-corrected chi connectivity index (χ3v) is 3.36. The Hall–Kier alpha value is -1.35. The monoisotopic (exact) mass is 306 g/mol. The van der Waals surface area contributed by atoms with Gasteiger partial charge in [-0.2, -0.15) is 0 Å². The molecule has 0 aliphatic heterocycles. The summed E-state index contributed by atoms with van der Waals surface area (Å²) >= 11 is 0. The SMILES string of the molecule is CC(C)=CCCC(C)=CCCC(C)=CC(=O)NCCN(C)C. The third kappa shape index (κ3) is 13.6. The highest BCUT2D eigenvalue weighted by molar-refractivity contribution is 5.88. The van der Waals surface area contributed by atoms with Gasteiger partial charge in [0.2, 0.25) is 5.91 Å². The molecule has 0 aromatic carbocycles. The summed E-state index contributed by atoms with van der Waals surface area (Å²) in [5.74, 6) is 0.0172. The fourth-order valence-electron chi connectivity index (χ4n) is 1.99. The topological polar surface area (TPSA) is 32.3 Å². The number of amides is 1. The molecule has 22 heavy (non-hydrogen) atoms. The van der Waals surface area contributed by atoms with Crippen LogP contribution in [0, 0.1) is 0 Å². The van der Waals surface area contributed by atoms with Crippen molar-refractivity contribution in [3.63, 3.8) is 0 Å². The summed E-state index contributed by atoms with van der Waals surface area (Å²) in [6, 6.07) is 0. The van der Waals surface area contributed by atoms with Gasteiger partial charge in [0.15, 0.2) is 0 Å². The fourth-order valence-corrected chi connectivity index (χ4v) is 1.99. The van der Waals surface area contributed by atoms with Gasteiger partial charge >= 0.3 is 0 Å². The quantitative estimate of drug-likeness (QED) is 0.487. The summed E-state index contributed by atoms with van der Waals surface area (Å²) in [4.78, 5) is 13.8. The van der Waals surface area contributed by atoms with E-state index in [-0.39, 0.29) is 5.91 Å². The Labute approximate surface area is 137 Å². The Morgan fingerprint density at radius 1 is 0.955 bits per heavy atom. The highest BCUT2D eigenvalue weighted by Crippen LogP contribution is 2.11. The molecule has 0 fully saturated rings. The first-order valence-electron chi connectivity index (χ1n) is 8.20. The summed E-state index contributed by atoms with van der Waals surface area (Å²) < 4.78 is 0. The van der Waals surface area contributed by atoms with E-state index < -0.39 is 0 Å². The van der Waals surface area contributed by atoms with Gasteiger partial charge in [0, 0.05) is 19.2 Å². The first-order chi connectivity index (χ1) is 10.3. The van der Waals surface area contributed by atoms with Crippen LogP contribution >= 0.6 is 0 Å². The second-order valence-corrected chi connectivity index (χ2v) is 6.49. The molecule has 0 aliphatic carbocycles. The maximum Gasteiger partial charge on any atom is 0.243 e. The maximum absolute atomic E-state index is 11.7. The van der Waals surface area contributed by atoms with E-state index in [0.29, 0.717) is 6.54 Å². The predicted molar refractivity (Wildman–Crippen MR) is 97.0 cm³/mol. The van der Waals surface area contributed by atoms with Gasteiger partial charge in [-0.25, -0.2) is 0 Å². The van der Waals surface area contributed by atoms with Crippen molar-refractivity contribution in [2.75, 3.05) is 27.2 Å². The number of allylic oxidation sites excluding steroid dienone is 5. The van der Waals surface area contributed by atoms with Crippen LogP contribution in [0.4, 0.5) is 0 Å². The molecule has 1 amide bonds. The lowest BCUT2D eigenvalue weighted by Crippen LogP contribution is -2.30. The lowest BCUT2D eigenvalue weighted by molar-refractivity contribution is -0.116. The van der Waals surface area contributed by atoms with Crippen molar-refractivity contribution in [1.82, 2.24) is 10.2 Å². The van der Waals surface area contributed by atoms with E-state index in [2.05, 4.69) is 43.1 Å². The first-order valence-corrected chi connectivity index (χ1v) is 8.20. The number of carbonyl (C=O) groups is 1. The summed E-state index contributed by atoms with van der Waals surface area (Å²) in [6.07, 6.45) is 10.5. The Morgan fingerprint density at radius 3 is 2.14 bits per heavy atom. The van der Waals surface area contributed by atoms with Crippen LogP contribution in [-0.4, -0.2) is 38.0 Å². The van der Waals surface area contributed by atoms with Crippen molar-refractivity contribution in [2.45, 2.75) is 53.4 Å². The molecule has 0 aromatic rings. The molecule has 1 N–H and O–H groups in total. The Morgan fingerprint density at radius 2 is 1.55 bits per heavy atom. The molecule has 0 aromatic heterocycles. The minimum Gasteiger partial charge on any atom is -0.351 e. The van der Waals surface area contributed by atoms with E-state index in [1.165, 1.54) is 11.1 Å². The minimum absolute atomic E-state index is 0.0172. The molecule has 0 bridgehead atoms. The van der Waals surface area contributed by atoms with Crippen LogP contribution in [0.1, 0.15) is 53.4 Å². The average Bonchev–Trinajstić information content (AvgIpc) is 2.37. The van der Waals surface area contributed by atoms with Crippen LogP contribution in [0.2, 0.25) is 0 Å². The second-order valence-electron chi connectivity index (χ2n) is 6.49. The van der Waals surface area contributed by atoms with E-state index in [0.717, 1.165) is 37.8 Å². The molecule has 3 heteroatoms. The van der Waals surface area contributed by atoms with Crippen LogP contribution in [0.3, 0.4) is 0 Å². The lowest BCUT2D eigenvalue weighted by atomic mass is 10.1. The number of hydrogen-bond donors (Lipinski definition) is 1. The lowest BCUT2D eigenvalue weighted by Gasteiger charge is -2.09. The van der Waals surface area contributed by atoms with Crippen molar-refractivity contribution in [2.24, 2.45) is 0 Å². The number of likely N-dealkylation sites (N-methyl/N-ethyl adjacent to an activating group) is 1. The number of rotatable bonds is 10. The second kappa shape index (κ2) is 12.2. The molecule has 0 aliphatic rings. The van der Waals surface area contributed by atoms with Gasteiger partial charge in [0.25, 0.3) is 0 Å². The van der Waals surface area contributed by atoms with Gasteiger partial charge in [-0.3, -0.25) is 4.79 Å². The summed E-state index contributed by atoms with van der Waals surface area (Å²) in [7, 11) is 4.00. The molecule has 0 radical (unpaired) electrons. The smallest absolute Gasteiger partial charge is 0.243 e. The summed E-state index contributed by atoms with van der Waals surface area (Å²) in [6.45, 7) is 10.0. The van der Waals surface area contributed by atoms with Crippen LogP contribution in [0.5, 0.6) is 0 Å². The molecule has 0 saturated heterocycles. The van der Waals surface area contributed by atoms with Gasteiger partial charge in [0.1, 0.15) is 0 Å². The highest BCUT2D eigenvalue weighted by atomic mass is 16.1. The number of hydrogen-bond acceptors (Lipinski definition) is 2. The average molecular weight is 306 g/mol. The molecule has 0 atom stereocenters. The number of carbonyl (C=O) groups excluding carboxylic acids is 1. The zero-order valence-electron chi connectivity index (χ0n) is 15.3. The van der Waals surface area contributed by atoms with Gasteiger partial charge in [0.05, 0.1) is 0 Å². The maximum atomic E-state index is 11.7. The predicted octanol–water partition coefficient (Wildman–Crippen LogP) is 4.08. The Balaban J connectivity index is 4.00. The molecule has 126 valence electrons. The normalized spacial score (nSPS) is 12.5.